The molecule has 10 nitrogen and oxygen atoms in total. The number of hydrogen-bond donors (Lipinski definition) is 1. The highest BCUT2D eigenvalue weighted by Crippen LogP contribution is 2.30. The molecule has 3 rings (SSSR count). The van der Waals surface area contributed by atoms with Gasteiger partial charge in [0.05, 0.1) is 21.9 Å². The fourth-order valence-electron chi connectivity index (χ4n) is 3.02. The number of thiazole rings is 1. The summed E-state index contributed by atoms with van der Waals surface area (Å²) >= 11 is 0.784. The van der Waals surface area contributed by atoms with Crippen LogP contribution in [0.3, 0.4) is 0 Å². The van der Waals surface area contributed by atoms with Crippen molar-refractivity contribution in [1.29, 1.82) is 0 Å². The number of nitro groups is 1. The van der Waals surface area contributed by atoms with E-state index in [-0.39, 0.29) is 38.2 Å². The van der Waals surface area contributed by atoms with Gasteiger partial charge in [0.15, 0.2) is 5.13 Å². The van der Waals surface area contributed by atoms with Crippen molar-refractivity contribution in [3.8, 4) is 0 Å². The van der Waals surface area contributed by atoms with E-state index in [4.69, 9.17) is 0 Å². The number of likely N-dealkylation sites (tertiary alicyclic amines) is 1. The molecule has 12 heteroatoms. The molecule has 0 spiro atoms. The van der Waals surface area contributed by atoms with Gasteiger partial charge in [-0.2, -0.15) is 0 Å². The minimum Gasteiger partial charge on any atom is -0.342 e. The number of non-ortho nitro benzene ring substituents is 1. The molecule has 1 saturated heterocycles. The number of benzene rings is 1. The van der Waals surface area contributed by atoms with Crippen LogP contribution in [0.4, 0.5) is 10.8 Å². The maximum Gasteiger partial charge on any atom is 0.269 e. The molecule has 1 unspecified atom stereocenters. The van der Waals surface area contributed by atoms with Gasteiger partial charge in [0, 0.05) is 31.6 Å². The summed E-state index contributed by atoms with van der Waals surface area (Å²) in [6, 6.07) is 4.52. The molecular formula is C18H20N4O6S2. The predicted octanol–water partition coefficient (Wildman–Crippen LogP) is 2.47. The van der Waals surface area contributed by atoms with Crippen molar-refractivity contribution in [2.45, 2.75) is 35.3 Å². The van der Waals surface area contributed by atoms with Crippen LogP contribution in [0.2, 0.25) is 0 Å². The lowest BCUT2D eigenvalue weighted by Crippen LogP contribution is -2.29. The molecule has 30 heavy (non-hydrogen) atoms. The van der Waals surface area contributed by atoms with Crippen molar-refractivity contribution in [2.24, 2.45) is 5.92 Å². The summed E-state index contributed by atoms with van der Waals surface area (Å²) < 4.78 is 25.3. The standard InChI is InChI=1S/C18H20N4O6S2/c1-2-3-8-21-11-12(9-15(21)23)17(24)20-18-19-10-16(29-18)30(27,28)14-6-4-13(5-7-14)22(25)26/h4-7,10,12H,2-3,8-9,11H2,1H3,(H,19,20,24). The number of rotatable bonds is 8. The number of nitro benzene ring substituents is 1. The van der Waals surface area contributed by atoms with Gasteiger partial charge in [0.2, 0.25) is 21.7 Å². The van der Waals surface area contributed by atoms with E-state index in [1.165, 1.54) is 0 Å². The second kappa shape index (κ2) is 8.88. The molecule has 1 atom stereocenters. The first-order chi connectivity index (χ1) is 14.2. The minimum absolute atomic E-state index is 0.0656. The summed E-state index contributed by atoms with van der Waals surface area (Å²) in [7, 11) is -3.92. The van der Waals surface area contributed by atoms with Gasteiger partial charge in [-0.1, -0.05) is 24.7 Å². The average Bonchev–Trinajstić information content (AvgIpc) is 3.33. The first-order valence-electron chi connectivity index (χ1n) is 9.26. The number of amides is 2. The molecule has 2 heterocycles. The summed E-state index contributed by atoms with van der Waals surface area (Å²) in [5, 5.41) is 13.4. The minimum atomic E-state index is -3.92. The van der Waals surface area contributed by atoms with Gasteiger partial charge in [-0.3, -0.25) is 19.7 Å². The Morgan fingerprint density at radius 1 is 1.37 bits per heavy atom. The molecule has 160 valence electrons. The van der Waals surface area contributed by atoms with Crippen LogP contribution in [0.25, 0.3) is 0 Å². The van der Waals surface area contributed by atoms with Gasteiger partial charge < -0.3 is 10.2 Å². The lowest BCUT2D eigenvalue weighted by Gasteiger charge is -2.15. The van der Waals surface area contributed by atoms with Crippen molar-refractivity contribution >= 4 is 43.8 Å². The summed E-state index contributed by atoms with van der Waals surface area (Å²) in [5.74, 6) is -0.951. The van der Waals surface area contributed by atoms with Crippen LogP contribution >= 0.6 is 11.3 Å². The van der Waals surface area contributed by atoms with Gasteiger partial charge in [0.1, 0.15) is 4.21 Å². The van der Waals surface area contributed by atoms with Gasteiger partial charge >= 0.3 is 0 Å². The molecule has 1 aliphatic heterocycles. The number of sulfone groups is 1. The maximum absolute atomic E-state index is 12.7. The molecule has 1 aromatic heterocycles. The van der Waals surface area contributed by atoms with Crippen LogP contribution in [0.5, 0.6) is 0 Å². The van der Waals surface area contributed by atoms with Crippen LogP contribution in [-0.4, -0.2) is 48.1 Å². The van der Waals surface area contributed by atoms with Crippen molar-refractivity contribution in [3.05, 3.63) is 40.6 Å². The van der Waals surface area contributed by atoms with Crippen LogP contribution in [0.15, 0.2) is 39.6 Å². The molecule has 0 aliphatic carbocycles. The molecule has 1 aliphatic rings. The first-order valence-corrected chi connectivity index (χ1v) is 11.6. The smallest absolute Gasteiger partial charge is 0.269 e. The number of carbonyl (C=O) groups excluding carboxylic acids is 2. The number of hydrogen-bond acceptors (Lipinski definition) is 8. The third-order valence-corrected chi connectivity index (χ3v) is 7.85. The first kappa shape index (κ1) is 21.8. The number of aromatic nitrogens is 1. The Kier molecular flexibility index (Phi) is 6.46. The van der Waals surface area contributed by atoms with Crippen LogP contribution < -0.4 is 5.32 Å². The molecule has 1 fully saturated rings. The molecule has 1 N–H and O–H groups in total. The second-order valence-corrected chi connectivity index (χ2v) is 10.0. The maximum atomic E-state index is 12.7. The lowest BCUT2D eigenvalue weighted by molar-refractivity contribution is -0.384. The molecule has 0 saturated carbocycles. The SMILES string of the molecule is CCCCN1CC(C(=O)Nc2ncc(S(=O)(=O)c3ccc([N+](=O)[O-])cc3)s2)CC1=O. The Morgan fingerprint density at radius 2 is 2.07 bits per heavy atom. The van der Waals surface area contributed by atoms with Gasteiger partial charge in [-0.15, -0.1) is 0 Å². The Morgan fingerprint density at radius 3 is 2.70 bits per heavy atom. The predicted molar refractivity (Wildman–Crippen MR) is 109 cm³/mol. The summed E-state index contributed by atoms with van der Waals surface area (Å²) in [6.07, 6.45) is 3.07. The van der Waals surface area contributed by atoms with Crippen LogP contribution in [0, 0.1) is 16.0 Å². The fraction of sp³-hybridized carbons (Fsp3) is 0.389. The Hall–Kier alpha value is -2.86. The topological polar surface area (TPSA) is 140 Å². The number of unbranched alkanes of at least 4 members (excludes halogenated alkanes) is 1. The highest BCUT2D eigenvalue weighted by atomic mass is 32.2. The normalized spacial score (nSPS) is 16.6. The highest BCUT2D eigenvalue weighted by molar-refractivity contribution is 7.93. The average molecular weight is 453 g/mol. The molecule has 2 aromatic rings. The van der Waals surface area contributed by atoms with E-state index < -0.39 is 20.7 Å². The quantitative estimate of drug-likeness (QED) is 0.479. The van der Waals surface area contributed by atoms with E-state index in [2.05, 4.69) is 10.3 Å². The zero-order chi connectivity index (χ0) is 21.9. The number of anilines is 1. The zero-order valence-electron chi connectivity index (χ0n) is 16.1. The van der Waals surface area contributed by atoms with Crippen molar-refractivity contribution in [3.63, 3.8) is 0 Å². The van der Waals surface area contributed by atoms with Gasteiger partial charge in [-0.05, 0) is 18.6 Å². The third kappa shape index (κ3) is 4.65. The van der Waals surface area contributed by atoms with Crippen LogP contribution in [0.1, 0.15) is 26.2 Å². The van der Waals surface area contributed by atoms with Crippen molar-refractivity contribution < 1.29 is 22.9 Å². The zero-order valence-corrected chi connectivity index (χ0v) is 17.7. The fourth-order valence-corrected chi connectivity index (χ4v) is 5.46. The monoisotopic (exact) mass is 452 g/mol. The van der Waals surface area contributed by atoms with E-state index >= 15 is 0 Å². The largest absolute Gasteiger partial charge is 0.342 e. The van der Waals surface area contributed by atoms with E-state index in [9.17, 15) is 28.1 Å². The molecule has 1 aromatic carbocycles. The summed E-state index contributed by atoms with van der Waals surface area (Å²) in [4.78, 5) is 40.1. The van der Waals surface area contributed by atoms with E-state index in [1.54, 1.807) is 4.90 Å². The second-order valence-electron chi connectivity index (χ2n) is 6.82. The Labute approximate surface area is 177 Å². The third-order valence-electron chi connectivity index (χ3n) is 4.70. The number of nitrogens with zero attached hydrogens (tertiary/aromatic N) is 3. The molecule has 2 amide bonds. The summed E-state index contributed by atoms with van der Waals surface area (Å²) in [6.45, 7) is 2.98. The number of carbonyl (C=O) groups is 2. The Bertz CT molecular complexity index is 1060. The van der Waals surface area contributed by atoms with Gasteiger partial charge in [0.25, 0.3) is 5.69 Å². The lowest BCUT2D eigenvalue weighted by atomic mass is 10.1. The van der Waals surface area contributed by atoms with E-state index in [0.717, 1.165) is 54.6 Å². The van der Waals surface area contributed by atoms with E-state index in [1.807, 2.05) is 6.92 Å². The van der Waals surface area contributed by atoms with Gasteiger partial charge in [-0.25, -0.2) is 13.4 Å². The highest BCUT2D eigenvalue weighted by Gasteiger charge is 2.34. The van der Waals surface area contributed by atoms with E-state index in [0.29, 0.717) is 13.1 Å². The molecule has 0 bridgehead atoms. The number of nitrogens with one attached hydrogen (secondary N) is 1. The van der Waals surface area contributed by atoms with Crippen molar-refractivity contribution in [1.82, 2.24) is 9.88 Å². The van der Waals surface area contributed by atoms with Crippen molar-refractivity contribution in [2.75, 3.05) is 18.4 Å². The summed E-state index contributed by atoms with van der Waals surface area (Å²) in [5.41, 5.74) is -0.217. The molecular weight excluding hydrogens is 432 g/mol. The molecule has 0 radical (unpaired) electrons. The Balaban J connectivity index is 1.68. The van der Waals surface area contributed by atoms with Crippen LogP contribution in [-0.2, 0) is 19.4 Å².